The maximum atomic E-state index is 12.4. The minimum atomic E-state index is -0.419. The minimum absolute atomic E-state index is 0.113. The van der Waals surface area contributed by atoms with E-state index in [1.54, 1.807) is 11.0 Å². The van der Waals surface area contributed by atoms with Crippen molar-refractivity contribution in [1.29, 1.82) is 0 Å². The number of benzene rings is 1. The zero-order chi connectivity index (χ0) is 22.2. The average Bonchev–Trinajstić information content (AvgIpc) is 3.48. The van der Waals surface area contributed by atoms with Crippen LogP contribution in [0.3, 0.4) is 0 Å². The molecule has 162 valence electrons. The van der Waals surface area contributed by atoms with E-state index in [-0.39, 0.29) is 31.3 Å². The quantitative estimate of drug-likeness (QED) is 0.550. The number of carbonyl (C=O) groups is 3. The van der Waals surface area contributed by atoms with Crippen LogP contribution in [0.25, 0.3) is 0 Å². The maximum absolute atomic E-state index is 12.4. The SMILES string of the molecule is Cc1cc(CNC(=O)C2CC(=O)N(c3nnc(Cc4ccccc4)s3)C2)on1.O=CO. The van der Waals surface area contributed by atoms with Gasteiger partial charge in [0.15, 0.2) is 5.76 Å². The lowest BCUT2D eigenvalue weighted by Crippen LogP contribution is -2.32. The first-order valence-corrected chi connectivity index (χ1v) is 10.3. The van der Waals surface area contributed by atoms with Gasteiger partial charge >= 0.3 is 0 Å². The van der Waals surface area contributed by atoms with Gasteiger partial charge in [0, 0.05) is 25.5 Å². The summed E-state index contributed by atoms with van der Waals surface area (Å²) in [5, 5.41) is 23.2. The number of aromatic nitrogens is 3. The van der Waals surface area contributed by atoms with E-state index in [1.165, 1.54) is 11.3 Å². The van der Waals surface area contributed by atoms with Gasteiger partial charge in [-0.05, 0) is 12.5 Å². The van der Waals surface area contributed by atoms with Gasteiger partial charge in [0.1, 0.15) is 5.01 Å². The van der Waals surface area contributed by atoms with Gasteiger partial charge in [-0.1, -0.05) is 46.8 Å². The molecule has 0 aliphatic carbocycles. The van der Waals surface area contributed by atoms with Crippen molar-refractivity contribution in [1.82, 2.24) is 20.7 Å². The fourth-order valence-electron chi connectivity index (χ4n) is 3.08. The van der Waals surface area contributed by atoms with Gasteiger partial charge in [0.2, 0.25) is 16.9 Å². The number of amides is 2. The van der Waals surface area contributed by atoms with Crippen LogP contribution in [0, 0.1) is 12.8 Å². The molecule has 31 heavy (non-hydrogen) atoms. The Balaban J connectivity index is 0.000000858. The zero-order valence-corrected chi connectivity index (χ0v) is 17.5. The van der Waals surface area contributed by atoms with E-state index in [1.807, 2.05) is 37.3 Å². The first-order valence-electron chi connectivity index (χ1n) is 9.44. The Morgan fingerprint density at radius 1 is 1.35 bits per heavy atom. The third-order valence-corrected chi connectivity index (χ3v) is 5.44. The summed E-state index contributed by atoms with van der Waals surface area (Å²) in [6.07, 6.45) is 0.829. The summed E-state index contributed by atoms with van der Waals surface area (Å²) in [6, 6.07) is 11.7. The van der Waals surface area contributed by atoms with Gasteiger partial charge in [-0.3, -0.25) is 19.3 Å². The molecule has 1 aromatic carbocycles. The number of anilines is 1. The van der Waals surface area contributed by atoms with Crippen molar-refractivity contribution < 1.29 is 24.0 Å². The van der Waals surface area contributed by atoms with Crippen LogP contribution in [0.15, 0.2) is 40.9 Å². The highest BCUT2D eigenvalue weighted by Gasteiger charge is 2.36. The number of nitrogens with one attached hydrogen (secondary N) is 1. The molecule has 2 N–H and O–H groups in total. The second-order valence-corrected chi connectivity index (χ2v) is 7.84. The molecule has 1 atom stereocenters. The highest BCUT2D eigenvalue weighted by Crippen LogP contribution is 2.29. The predicted octanol–water partition coefficient (Wildman–Crippen LogP) is 1.80. The largest absolute Gasteiger partial charge is 0.483 e. The number of rotatable bonds is 6. The van der Waals surface area contributed by atoms with Gasteiger partial charge in [-0.15, -0.1) is 10.2 Å². The van der Waals surface area contributed by atoms with E-state index in [0.717, 1.165) is 16.3 Å². The summed E-state index contributed by atoms with van der Waals surface area (Å²) in [4.78, 5) is 34.7. The van der Waals surface area contributed by atoms with Crippen LogP contribution in [0.2, 0.25) is 0 Å². The van der Waals surface area contributed by atoms with Crippen LogP contribution in [0.4, 0.5) is 5.13 Å². The number of hydrogen-bond acceptors (Lipinski definition) is 8. The molecule has 3 aromatic rings. The van der Waals surface area contributed by atoms with Gasteiger partial charge in [-0.25, -0.2) is 0 Å². The lowest BCUT2D eigenvalue weighted by Gasteiger charge is -2.12. The van der Waals surface area contributed by atoms with E-state index in [4.69, 9.17) is 14.4 Å². The van der Waals surface area contributed by atoms with E-state index in [9.17, 15) is 9.59 Å². The topological polar surface area (TPSA) is 139 Å². The van der Waals surface area contributed by atoms with Crippen LogP contribution in [0.5, 0.6) is 0 Å². The minimum Gasteiger partial charge on any atom is -0.483 e. The second-order valence-electron chi connectivity index (χ2n) is 6.80. The van der Waals surface area contributed by atoms with Crippen molar-refractivity contribution in [3.8, 4) is 0 Å². The fourth-order valence-corrected chi connectivity index (χ4v) is 3.98. The summed E-state index contributed by atoms with van der Waals surface area (Å²) in [7, 11) is 0. The van der Waals surface area contributed by atoms with E-state index >= 15 is 0 Å². The molecule has 2 aromatic heterocycles. The molecule has 1 aliphatic rings. The van der Waals surface area contributed by atoms with Crippen LogP contribution < -0.4 is 10.2 Å². The first-order chi connectivity index (χ1) is 15.0. The molecule has 4 rings (SSSR count). The van der Waals surface area contributed by atoms with Crippen molar-refractivity contribution in [2.75, 3.05) is 11.4 Å². The Hall–Kier alpha value is -3.60. The Morgan fingerprint density at radius 3 is 2.77 bits per heavy atom. The van der Waals surface area contributed by atoms with E-state index in [2.05, 4.69) is 20.7 Å². The number of hydrogen-bond donors (Lipinski definition) is 2. The molecule has 1 fully saturated rings. The molecule has 0 radical (unpaired) electrons. The number of carboxylic acid groups (broad SMARTS) is 1. The number of aryl methyl sites for hydroxylation is 1. The molecule has 0 bridgehead atoms. The van der Waals surface area contributed by atoms with Crippen molar-refractivity contribution in [2.45, 2.75) is 26.3 Å². The second kappa shape index (κ2) is 10.4. The van der Waals surface area contributed by atoms with Gasteiger partial charge in [0.25, 0.3) is 6.47 Å². The summed E-state index contributed by atoms with van der Waals surface area (Å²) < 4.78 is 5.08. The smallest absolute Gasteiger partial charge is 0.290 e. The van der Waals surface area contributed by atoms with Crippen molar-refractivity contribution in [3.63, 3.8) is 0 Å². The summed E-state index contributed by atoms with van der Waals surface area (Å²) >= 11 is 1.38. The normalized spacial score (nSPS) is 15.3. The number of nitrogens with zero attached hydrogens (tertiary/aromatic N) is 4. The van der Waals surface area contributed by atoms with Gasteiger partial charge < -0.3 is 14.9 Å². The Labute approximate surface area is 181 Å². The summed E-state index contributed by atoms with van der Waals surface area (Å²) in [5.74, 6) is -0.128. The molecular formula is C20H21N5O5S. The van der Waals surface area contributed by atoms with E-state index in [0.29, 0.717) is 23.9 Å². The lowest BCUT2D eigenvalue weighted by molar-refractivity contribution is -0.126. The van der Waals surface area contributed by atoms with Crippen LogP contribution in [0.1, 0.15) is 28.4 Å². The standard InChI is InChI=1S/C19H19N5O3S.CH2O2/c1-12-7-15(27-23-12)10-20-18(26)14-9-17(25)24(11-14)19-22-21-16(28-19)8-13-5-3-2-4-6-13;2-1-3/h2-7,14H,8-11H2,1H3,(H,20,26);1H,(H,2,3). The first kappa shape index (κ1) is 22.1. The zero-order valence-electron chi connectivity index (χ0n) is 16.7. The maximum Gasteiger partial charge on any atom is 0.290 e. The molecule has 0 spiro atoms. The molecule has 1 aliphatic heterocycles. The van der Waals surface area contributed by atoms with E-state index < -0.39 is 5.92 Å². The third kappa shape index (κ3) is 5.95. The average molecular weight is 443 g/mol. The van der Waals surface area contributed by atoms with Gasteiger partial charge in [0.05, 0.1) is 18.2 Å². The molecule has 0 saturated carbocycles. The summed E-state index contributed by atoms with van der Waals surface area (Å²) in [5.41, 5.74) is 1.90. The monoisotopic (exact) mass is 443 g/mol. The molecular weight excluding hydrogens is 422 g/mol. The predicted molar refractivity (Wildman–Crippen MR) is 111 cm³/mol. The van der Waals surface area contributed by atoms with Crippen molar-refractivity contribution in [2.24, 2.45) is 5.92 Å². The van der Waals surface area contributed by atoms with Crippen LogP contribution in [-0.2, 0) is 27.3 Å². The Bertz CT molecular complexity index is 1040. The number of carbonyl (C=O) groups excluding carboxylic acids is 2. The molecule has 2 amide bonds. The Kier molecular flexibility index (Phi) is 7.44. The molecule has 3 heterocycles. The van der Waals surface area contributed by atoms with Crippen molar-refractivity contribution in [3.05, 3.63) is 58.4 Å². The highest BCUT2D eigenvalue weighted by atomic mass is 32.1. The fraction of sp³-hybridized carbons (Fsp3) is 0.300. The molecule has 10 nitrogen and oxygen atoms in total. The molecule has 1 unspecified atom stereocenters. The third-order valence-electron chi connectivity index (χ3n) is 4.49. The summed E-state index contributed by atoms with van der Waals surface area (Å²) in [6.45, 7) is 2.13. The highest BCUT2D eigenvalue weighted by molar-refractivity contribution is 7.15. The molecule has 1 saturated heterocycles. The van der Waals surface area contributed by atoms with Crippen molar-refractivity contribution >= 4 is 34.8 Å². The van der Waals surface area contributed by atoms with Gasteiger partial charge in [-0.2, -0.15) is 0 Å². The Morgan fingerprint density at radius 2 is 2.10 bits per heavy atom. The van der Waals surface area contributed by atoms with Crippen LogP contribution >= 0.6 is 11.3 Å². The molecule has 11 heteroatoms. The van der Waals surface area contributed by atoms with Crippen LogP contribution in [-0.4, -0.2) is 45.3 Å². The lowest BCUT2D eigenvalue weighted by atomic mass is 10.1.